The van der Waals surface area contributed by atoms with Crippen LogP contribution in [0.1, 0.15) is 24.4 Å². The highest BCUT2D eigenvalue weighted by Crippen LogP contribution is 2.31. The van der Waals surface area contributed by atoms with Crippen molar-refractivity contribution in [1.29, 1.82) is 0 Å². The Morgan fingerprint density at radius 1 is 1.25 bits per heavy atom. The molecule has 3 rings (SSSR count). The highest BCUT2D eigenvalue weighted by atomic mass is 16.6. The Morgan fingerprint density at radius 3 is 2.79 bits per heavy atom. The van der Waals surface area contributed by atoms with E-state index in [0.29, 0.717) is 5.69 Å². The maximum absolute atomic E-state index is 12.5. The fraction of sp³-hybridized carbons (Fsp3) is 0.350. The number of nitro groups is 1. The Morgan fingerprint density at radius 2 is 2.07 bits per heavy atom. The zero-order valence-corrected chi connectivity index (χ0v) is 15.9. The first kappa shape index (κ1) is 19.6. The molecule has 1 fully saturated rings. The first-order valence-corrected chi connectivity index (χ1v) is 9.12. The zero-order valence-electron chi connectivity index (χ0n) is 15.9. The third-order valence-electron chi connectivity index (χ3n) is 5.03. The lowest BCUT2D eigenvalue weighted by molar-refractivity contribution is -0.910. The van der Waals surface area contributed by atoms with E-state index in [1.54, 1.807) is 26.4 Å². The summed E-state index contributed by atoms with van der Waals surface area (Å²) in [6.45, 7) is 1.16. The third-order valence-corrected chi connectivity index (χ3v) is 5.03. The number of hydrogen-bond donors (Lipinski definition) is 2. The first-order valence-electron chi connectivity index (χ1n) is 9.12. The van der Waals surface area contributed by atoms with Gasteiger partial charge in [0.05, 0.1) is 31.3 Å². The number of amides is 1. The number of ether oxygens (including phenoxy) is 2. The second kappa shape index (κ2) is 8.71. The lowest BCUT2D eigenvalue weighted by atomic mass is 10.0. The summed E-state index contributed by atoms with van der Waals surface area (Å²) in [5.41, 5.74) is 1.43. The molecule has 1 unspecified atom stereocenters. The highest BCUT2D eigenvalue weighted by molar-refractivity contribution is 5.91. The summed E-state index contributed by atoms with van der Waals surface area (Å²) >= 11 is 0. The number of nitrogens with one attached hydrogen (secondary N) is 2. The van der Waals surface area contributed by atoms with E-state index in [1.165, 1.54) is 12.1 Å². The van der Waals surface area contributed by atoms with E-state index in [4.69, 9.17) is 9.47 Å². The van der Waals surface area contributed by atoms with Gasteiger partial charge in [-0.25, -0.2) is 0 Å². The number of carbonyl (C=O) groups excluding carboxylic acids is 1. The quantitative estimate of drug-likeness (QED) is 0.560. The number of anilines is 1. The molecular formula is C20H24N3O5+. The van der Waals surface area contributed by atoms with Crippen LogP contribution in [0.2, 0.25) is 0 Å². The van der Waals surface area contributed by atoms with Crippen molar-refractivity contribution in [3.8, 4) is 11.5 Å². The molecule has 0 aromatic heterocycles. The van der Waals surface area contributed by atoms with E-state index in [9.17, 15) is 14.9 Å². The van der Waals surface area contributed by atoms with Crippen molar-refractivity contribution < 1.29 is 24.1 Å². The lowest BCUT2D eigenvalue weighted by Crippen LogP contribution is -3.11. The van der Waals surface area contributed by atoms with Gasteiger partial charge in [0.1, 0.15) is 17.5 Å². The third kappa shape index (κ3) is 4.40. The van der Waals surface area contributed by atoms with E-state index in [0.717, 1.165) is 41.3 Å². The van der Waals surface area contributed by atoms with Gasteiger partial charge in [-0.05, 0) is 18.2 Å². The molecule has 0 saturated carbocycles. The van der Waals surface area contributed by atoms with Gasteiger partial charge in [-0.1, -0.05) is 6.07 Å². The van der Waals surface area contributed by atoms with Crippen molar-refractivity contribution in [3.05, 3.63) is 58.1 Å². The molecule has 8 heteroatoms. The van der Waals surface area contributed by atoms with Crippen LogP contribution < -0.4 is 19.7 Å². The molecule has 1 aliphatic heterocycles. The fourth-order valence-corrected chi connectivity index (χ4v) is 3.71. The van der Waals surface area contributed by atoms with Gasteiger partial charge < -0.3 is 19.7 Å². The molecule has 2 aromatic carbocycles. The van der Waals surface area contributed by atoms with Gasteiger partial charge in [-0.15, -0.1) is 0 Å². The number of nitrogens with zero attached hydrogens (tertiary/aromatic N) is 1. The molecule has 148 valence electrons. The normalized spacial score (nSPS) is 18.5. The summed E-state index contributed by atoms with van der Waals surface area (Å²) < 4.78 is 10.8. The molecule has 28 heavy (non-hydrogen) atoms. The van der Waals surface area contributed by atoms with Crippen LogP contribution in [0.4, 0.5) is 11.4 Å². The van der Waals surface area contributed by atoms with Crippen LogP contribution in [0.3, 0.4) is 0 Å². The molecule has 1 heterocycles. The van der Waals surface area contributed by atoms with Gasteiger partial charge in [-0.2, -0.15) is 0 Å². The van der Waals surface area contributed by atoms with E-state index >= 15 is 0 Å². The summed E-state index contributed by atoms with van der Waals surface area (Å²) in [7, 11) is 3.24. The second-order valence-electron chi connectivity index (χ2n) is 6.74. The highest BCUT2D eigenvalue weighted by Gasteiger charge is 2.33. The minimum Gasteiger partial charge on any atom is -0.497 e. The molecule has 1 saturated heterocycles. The number of hydrogen-bond acceptors (Lipinski definition) is 5. The Bertz CT molecular complexity index is 871. The molecule has 0 aliphatic carbocycles. The van der Waals surface area contributed by atoms with E-state index in [-0.39, 0.29) is 24.2 Å². The summed E-state index contributed by atoms with van der Waals surface area (Å²) in [5.74, 6) is 1.31. The van der Waals surface area contributed by atoms with Crippen molar-refractivity contribution in [3.63, 3.8) is 0 Å². The lowest BCUT2D eigenvalue weighted by Gasteiger charge is -2.23. The average molecular weight is 386 g/mol. The van der Waals surface area contributed by atoms with Gasteiger partial charge >= 0.3 is 0 Å². The topological polar surface area (TPSA) is 95.1 Å². The molecule has 0 radical (unpaired) electrons. The van der Waals surface area contributed by atoms with E-state index in [2.05, 4.69) is 5.32 Å². The molecule has 0 bridgehead atoms. The maximum Gasteiger partial charge on any atom is 0.279 e. The van der Waals surface area contributed by atoms with Crippen molar-refractivity contribution in [2.24, 2.45) is 0 Å². The predicted molar refractivity (Wildman–Crippen MR) is 104 cm³/mol. The Labute approximate surface area is 163 Å². The maximum atomic E-state index is 12.5. The summed E-state index contributed by atoms with van der Waals surface area (Å²) in [4.78, 5) is 24.1. The Kier molecular flexibility index (Phi) is 6.10. The van der Waals surface area contributed by atoms with Crippen LogP contribution in [0.25, 0.3) is 0 Å². The first-order chi connectivity index (χ1) is 13.5. The molecule has 2 aromatic rings. The monoisotopic (exact) mass is 386 g/mol. The average Bonchev–Trinajstić information content (AvgIpc) is 3.15. The summed E-state index contributed by atoms with van der Waals surface area (Å²) in [6.07, 6.45) is 1.97. The van der Waals surface area contributed by atoms with Crippen LogP contribution in [0, 0.1) is 10.1 Å². The summed E-state index contributed by atoms with van der Waals surface area (Å²) in [6, 6.07) is 11.9. The molecule has 2 N–H and O–H groups in total. The van der Waals surface area contributed by atoms with Crippen LogP contribution in [0.15, 0.2) is 42.5 Å². The number of methoxy groups -OCH3 is 2. The van der Waals surface area contributed by atoms with Gasteiger partial charge in [0.15, 0.2) is 6.54 Å². The van der Waals surface area contributed by atoms with Crippen LogP contribution in [-0.2, 0) is 4.79 Å². The number of nitro benzene ring substituents is 1. The Balaban J connectivity index is 1.71. The van der Waals surface area contributed by atoms with E-state index in [1.807, 2.05) is 18.2 Å². The smallest absolute Gasteiger partial charge is 0.279 e. The number of carbonyl (C=O) groups is 1. The van der Waals surface area contributed by atoms with Crippen molar-refractivity contribution in [2.75, 3.05) is 32.6 Å². The van der Waals surface area contributed by atoms with Crippen molar-refractivity contribution in [1.82, 2.24) is 0 Å². The zero-order chi connectivity index (χ0) is 20.1. The fourth-order valence-electron chi connectivity index (χ4n) is 3.71. The van der Waals surface area contributed by atoms with Gasteiger partial charge in [0.2, 0.25) is 0 Å². The minimum absolute atomic E-state index is 0.0489. The number of quaternary nitrogens is 1. The molecule has 2 atom stereocenters. The predicted octanol–water partition coefficient (Wildman–Crippen LogP) is 1.97. The summed E-state index contributed by atoms with van der Waals surface area (Å²) in [5, 5.41) is 13.7. The van der Waals surface area contributed by atoms with Crippen LogP contribution >= 0.6 is 0 Å². The van der Waals surface area contributed by atoms with Gasteiger partial charge in [0.25, 0.3) is 11.6 Å². The second-order valence-corrected chi connectivity index (χ2v) is 6.74. The molecule has 0 spiro atoms. The minimum atomic E-state index is -0.479. The SMILES string of the molecule is COc1ccc([C@H]2CCC[NH+]2CC(=O)Nc2cccc([N+](=O)[O-])c2)c(OC)c1. The number of benzene rings is 2. The number of rotatable bonds is 7. The molecule has 1 aliphatic rings. The van der Waals surface area contributed by atoms with Crippen LogP contribution in [-0.4, -0.2) is 38.1 Å². The Hall–Kier alpha value is -3.13. The van der Waals surface area contributed by atoms with Crippen molar-refractivity contribution >= 4 is 17.3 Å². The van der Waals surface area contributed by atoms with E-state index < -0.39 is 4.92 Å². The molecule has 8 nitrogen and oxygen atoms in total. The number of likely N-dealkylation sites (tertiary alicyclic amines) is 1. The largest absolute Gasteiger partial charge is 0.497 e. The number of non-ortho nitro benzene ring substituents is 1. The molecular weight excluding hydrogens is 362 g/mol. The van der Waals surface area contributed by atoms with Gasteiger partial charge in [0, 0.05) is 36.7 Å². The molecule has 1 amide bonds. The standard InChI is InChI=1S/C20H23N3O5/c1-27-16-8-9-17(19(12-16)28-2)18-7-4-10-22(18)13-20(24)21-14-5-3-6-15(11-14)23(25)26/h3,5-6,8-9,11-12,18H,4,7,10,13H2,1-2H3,(H,21,24)/p+1/t18-/m1/s1. The van der Waals surface area contributed by atoms with Crippen LogP contribution in [0.5, 0.6) is 11.5 Å². The van der Waals surface area contributed by atoms with Crippen molar-refractivity contribution in [2.45, 2.75) is 18.9 Å². The van der Waals surface area contributed by atoms with Gasteiger partial charge in [-0.3, -0.25) is 14.9 Å².